The van der Waals surface area contributed by atoms with Crippen LogP contribution in [0.25, 0.3) is 0 Å². The summed E-state index contributed by atoms with van der Waals surface area (Å²) in [6, 6.07) is 15.5. The van der Waals surface area contributed by atoms with E-state index < -0.39 is 0 Å². The zero-order chi connectivity index (χ0) is 17.6. The first-order valence-corrected chi connectivity index (χ1v) is 8.26. The largest absolute Gasteiger partial charge is 0.493 e. The van der Waals surface area contributed by atoms with Crippen LogP contribution in [0.4, 0.5) is 5.69 Å². The van der Waals surface area contributed by atoms with E-state index >= 15 is 0 Å². The summed E-state index contributed by atoms with van der Waals surface area (Å²) in [5, 5.41) is 5.98. The van der Waals surface area contributed by atoms with Gasteiger partial charge in [0.1, 0.15) is 12.3 Å². The maximum atomic E-state index is 12.2. The molecule has 6 heteroatoms. The lowest BCUT2D eigenvalue weighted by Crippen LogP contribution is -2.34. The van der Waals surface area contributed by atoms with Crippen molar-refractivity contribution < 1.29 is 9.53 Å². The van der Waals surface area contributed by atoms with Crippen molar-refractivity contribution in [1.82, 2.24) is 5.32 Å². The molecule has 1 aliphatic rings. The molecule has 0 bridgehead atoms. The topological polar surface area (TPSA) is 88.7 Å². The Morgan fingerprint density at radius 2 is 2.12 bits per heavy atom. The van der Waals surface area contributed by atoms with Crippen LogP contribution in [-0.4, -0.2) is 25.0 Å². The van der Waals surface area contributed by atoms with Crippen LogP contribution in [0.15, 0.2) is 53.5 Å². The van der Waals surface area contributed by atoms with E-state index in [1.54, 1.807) is 0 Å². The van der Waals surface area contributed by atoms with Crippen molar-refractivity contribution in [1.29, 1.82) is 0 Å². The third kappa shape index (κ3) is 4.50. The second kappa shape index (κ2) is 7.70. The summed E-state index contributed by atoms with van der Waals surface area (Å²) in [6.07, 6.45) is 0.740. The number of rotatable bonds is 4. The number of carbonyl (C=O) groups excluding carboxylic acids is 1. The second-order valence-corrected chi connectivity index (χ2v) is 5.99. The summed E-state index contributed by atoms with van der Waals surface area (Å²) in [4.78, 5) is 16.3. The number of hydrogen-bond donors (Lipinski definition) is 3. The van der Waals surface area contributed by atoms with Gasteiger partial charge < -0.3 is 21.1 Å². The van der Waals surface area contributed by atoms with Gasteiger partial charge in [0.15, 0.2) is 5.96 Å². The number of fused-ring (bicyclic) bond motifs is 1. The van der Waals surface area contributed by atoms with Crippen molar-refractivity contribution >= 4 is 17.6 Å². The zero-order valence-corrected chi connectivity index (χ0v) is 14.2. The summed E-state index contributed by atoms with van der Waals surface area (Å²) in [5.74, 6) is 0.868. The molecule has 0 spiro atoms. The number of nitrogens with zero attached hydrogens (tertiary/aromatic N) is 1. The van der Waals surface area contributed by atoms with Gasteiger partial charge in [0.25, 0.3) is 0 Å². The minimum Gasteiger partial charge on any atom is -0.493 e. The molecule has 3 rings (SSSR count). The lowest BCUT2D eigenvalue weighted by atomic mass is 10.0. The Hall–Kier alpha value is -3.02. The van der Waals surface area contributed by atoms with Crippen molar-refractivity contribution in [3.8, 4) is 5.75 Å². The lowest BCUT2D eigenvalue weighted by molar-refractivity contribution is -0.120. The normalized spacial score (nSPS) is 16.5. The molecule has 0 aromatic heterocycles. The zero-order valence-electron chi connectivity index (χ0n) is 14.2. The fourth-order valence-electron chi connectivity index (χ4n) is 2.80. The van der Waals surface area contributed by atoms with E-state index in [0.29, 0.717) is 6.61 Å². The number of para-hydroxylation sites is 1. The van der Waals surface area contributed by atoms with Gasteiger partial charge in [0.2, 0.25) is 5.91 Å². The highest BCUT2D eigenvalue weighted by Crippen LogP contribution is 2.31. The van der Waals surface area contributed by atoms with Gasteiger partial charge in [-0.3, -0.25) is 4.79 Å². The summed E-state index contributed by atoms with van der Waals surface area (Å²) in [5.41, 5.74) is 8.82. The first-order valence-electron chi connectivity index (χ1n) is 8.26. The standard InChI is InChI=1S/C19H22N4O2/c1-13-5-4-6-14(11-13)22-19(20)21-12-18(24)23-16-9-10-25-17-8-3-2-7-15(16)17/h2-8,11,16H,9-10,12H2,1H3,(H,23,24)(H3,20,21,22). The minimum atomic E-state index is -0.171. The average Bonchev–Trinajstić information content (AvgIpc) is 2.60. The molecular formula is C19H22N4O2. The van der Waals surface area contributed by atoms with Crippen molar-refractivity contribution in [3.63, 3.8) is 0 Å². The van der Waals surface area contributed by atoms with Crippen LogP contribution in [0.2, 0.25) is 0 Å². The number of carbonyl (C=O) groups is 1. The maximum absolute atomic E-state index is 12.2. The fourth-order valence-corrected chi connectivity index (χ4v) is 2.80. The molecule has 25 heavy (non-hydrogen) atoms. The van der Waals surface area contributed by atoms with Crippen LogP contribution in [0.5, 0.6) is 5.75 Å². The highest BCUT2D eigenvalue weighted by Gasteiger charge is 2.22. The van der Waals surface area contributed by atoms with Crippen LogP contribution < -0.4 is 21.1 Å². The maximum Gasteiger partial charge on any atom is 0.242 e. The Balaban J connectivity index is 1.56. The number of ether oxygens (including phenoxy) is 1. The van der Waals surface area contributed by atoms with Crippen molar-refractivity contribution in [2.24, 2.45) is 10.7 Å². The molecule has 1 heterocycles. The molecule has 2 aromatic rings. The van der Waals surface area contributed by atoms with Gasteiger partial charge in [0.05, 0.1) is 12.6 Å². The van der Waals surface area contributed by atoms with E-state index in [0.717, 1.165) is 29.0 Å². The van der Waals surface area contributed by atoms with Crippen molar-refractivity contribution in [2.75, 3.05) is 18.5 Å². The molecule has 130 valence electrons. The minimum absolute atomic E-state index is 0.0236. The van der Waals surface area contributed by atoms with Gasteiger partial charge >= 0.3 is 0 Å². The smallest absolute Gasteiger partial charge is 0.242 e. The lowest BCUT2D eigenvalue weighted by Gasteiger charge is -2.26. The van der Waals surface area contributed by atoms with Crippen LogP contribution in [0.1, 0.15) is 23.6 Å². The fraction of sp³-hybridized carbons (Fsp3) is 0.263. The third-order valence-corrected chi connectivity index (χ3v) is 3.98. The molecule has 0 radical (unpaired) electrons. The van der Waals surface area contributed by atoms with Gasteiger partial charge in [-0.1, -0.05) is 30.3 Å². The summed E-state index contributed by atoms with van der Waals surface area (Å²) >= 11 is 0. The van der Waals surface area contributed by atoms with Crippen LogP contribution in [0, 0.1) is 6.92 Å². The SMILES string of the molecule is Cc1cccc(NC(N)=NCC(=O)NC2CCOc3ccccc32)c1. The average molecular weight is 338 g/mol. The van der Waals surface area contributed by atoms with Gasteiger partial charge in [-0.15, -0.1) is 0 Å². The number of amides is 1. The number of hydrogen-bond acceptors (Lipinski definition) is 3. The van der Waals surface area contributed by atoms with Gasteiger partial charge in [0, 0.05) is 17.7 Å². The highest BCUT2D eigenvalue weighted by atomic mass is 16.5. The number of anilines is 1. The van der Waals surface area contributed by atoms with Crippen molar-refractivity contribution in [2.45, 2.75) is 19.4 Å². The Labute approximate surface area is 147 Å². The quantitative estimate of drug-likeness (QED) is 0.590. The monoisotopic (exact) mass is 338 g/mol. The number of guanidine groups is 1. The molecule has 0 aliphatic carbocycles. The predicted molar refractivity (Wildman–Crippen MR) is 98.7 cm³/mol. The first-order chi connectivity index (χ1) is 12.1. The summed E-state index contributed by atoms with van der Waals surface area (Å²) < 4.78 is 5.60. The van der Waals surface area contributed by atoms with E-state index in [4.69, 9.17) is 10.5 Å². The number of benzene rings is 2. The van der Waals surface area contributed by atoms with Gasteiger partial charge in [-0.2, -0.15) is 0 Å². The van der Waals surface area contributed by atoms with E-state index in [1.165, 1.54) is 0 Å². The molecule has 1 atom stereocenters. The van der Waals surface area contributed by atoms with Gasteiger partial charge in [-0.25, -0.2) is 4.99 Å². The molecule has 4 N–H and O–H groups in total. The molecule has 2 aromatic carbocycles. The number of nitrogens with two attached hydrogens (primary N) is 1. The van der Waals surface area contributed by atoms with Crippen molar-refractivity contribution in [3.05, 3.63) is 59.7 Å². The van der Waals surface area contributed by atoms with Crippen LogP contribution in [-0.2, 0) is 4.79 Å². The van der Waals surface area contributed by atoms with Gasteiger partial charge in [-0.05, 0) is 30.7 Å². The Morgan fingerprint density at radius 1 is 1.28 bits per heavy atom. The third-order valence-electron chi connectivity index (χ3n) is 3.98. The molecule has 1 unspecified atom stereocenters. The molecule has 1 aliphatic heterocycles. The Morgan fingerprint density at radius 3 is 2.96 bits per heavy atom. The van der Waals surface area contributed by atoms with E-state index in [9.17, 15) is 4.79 Å². The Bertz CT molecular complexity index is 788. The first kappa shape index (κ1) is 16.8. The van der Waals surface area contributed by atoms with E-state index in [1.807, 2.05) is 55.5 Å². The number of nitrogens with one attached hydrogen (secondary N) is 2. The summed E-state index contributed by atoms with van der Waals surface area (Å²) in [7, 11) is 0. The van der Waals surface area contributed by atoms with Crippen LogP contribution >= 0.6 is 0 Å². The second-order valence-electron chi connectivity index (χ2n) is 5.99. The molecular weight excluding hydrogens is 316 g/mol. The summed E-state index contributed by atoms with van der Waals surface area (Å²) in [6.45, 7) is 2.56. The number of aliphatic imine (C=N–C) groups is 1. The Kier molecular flexibility index (Phi) is 5.18. The molecule has 0 saturated carbocycles. The van der Waals surface area contributed by atoms with E-state index in [2.05, 4.69) is 15.6 Å². The van der Waals surface area contributed by atoms with E-state index in [-0.39, 0.29) is 24.5 Å². The highest BCUT2D eigenvalue weighted by molar-refractivity contribution is 5.94. The molecule has 6 nitrogen and oxygen atoms in total. The molecule has 0 fully saturated rings. The predicted octanol–water partition coefficient (Wildman–Crippen LogP) is 2.36. The number of aryl methyl sites for hydroxylation is 1. The molecule has 1 amide bonds. The molecule has 0 saturated heterocycles. The van der Waals surface area contributed by atoms with Crippen LogP contribution in [0.3, 0.4) is 0 Å².